The normalized spacial score (nSPS) is 11.8. The number of ketones is 1. The summed E-state index contributed by atoms with van der Waals surface area (Å²) >= 11 is 0. The summed E-state index contributed by atoms with van der Waals surface area (Å²) in [6.45, 7) is 3.87. The molecule has 2 aromatic rings. The molecule has 2 rings (SSSR count). The lowest BCUT2D eigenvalue weighted by Gasteiger charge is -2.18. The molecule has 2 aromatic carbocycles. The Balaban J connectivity index is 2.17. The summed E-state index contributed by atoms with van der Waals surface area (Å²) < 4.78 is 10.9. The Bertz CT molecular complexity index is 650. The van der Waals surface area contributed by atoms with Gasteiger partial charge in [-0.3, -0.25) is 4.79 Å². The first kappa shape index (κ1) is 15.9. The van der Waals surface area contributed by atoms with E-state index >= 15 is 0 Å². The third kappa shape index (κ3) is 3.58. The number of methoxy groups -OCH3 is 1. The highest BCUT2D eigenvalue weighted by atomic mass is 16.5. The molecule has 0 aromatic heterocycles. The van der Waals surface area contributed by atoms with Gasteiger partial charge in [0.2, 0.25) is 5.78 Å². The number of Topliss-reactive ketones (excluding diaryl/α,β-unsaturated/α-hetero) is 1. The van der Waals surface area contributed by atoms with E-state index in [0.29, 0.717) is 29.2 Å². The molecule has 0 aliphatic heterocycles. The molecule has 0 bridgehead atoms. The number of nitrogen functional groups attached to an aromatic ring is 1. The molecule has 0 aliphatic carbocycles. The van der Waals surface area contributed by atoms with Crippen LogP contribution in [0.3, 0.4) is 0 Å². The van der Waals surface area contributed by atoms with Crippen molar-refractivity contribution >= 4 is 11.5 Å². The van der Waals surface area contributed by atoms with Crippen molar-refractivity contribution in [3.8, 4) is 11.5 Å². The van der Waals surface area contributed by atoms with Crippen LogP contribution in [-0.4, -0.2) is 19.0 Å². The lowest BCUT2D eigenvalue weighted by molar-refractivity contribution is 0.0788. The van der Waals surface area contributed by atoms with Crippen molar-refractivity contribution < 1.29 is 14.3 Å². The van der Waals surface area contributed by atoms with Gasteiger partial charge in [0.25, 0.3) is 0 Å². The number of nitrogens with two attached hydrogens (primary N) is 1. The van der Waals surface area contributed by atoms with Gasteiger partial charge in [0.1, 0.15) is 11.5 Å². The standard InChI is InChI=1S/C18H21NO3/c1-4-16(22-17-10-5-12(2)11-15(17)19)18(20)13-6-8-14(21-3)9-7-13/h5-11,16H,4,19H2,1-3H3. The summed E-state index contributed by atoms with van der Waals surface area (Å²) in [5.74, 6) is 1.19. The molecule has 22 heavy (non-hydrogen) atoms. The fraction of sp³-hybridized carbons (Fsp3) is 0.278. The lowest BCUT2D eigenvalue weighted by atomic mass is 10.0. The van der Waals surface area contributed by atoms with E-state index in [9.17, 15) is 4.79 Å². The first-order valence-electron chi connectivity index (χ1n) is 7.26. The van der Waals surface area contributed by atoms with Gasteiger partial charge >= 0.3 is 0 Å². The van der Waals surface area contributed by atoms with Crippen molar-refractivity contribution in [1.82, 2.24) is 0 Å². The van der Waals surface area contributed by atoms with Crippen LogP contribution in [-0.2, 0) is 0 Å². The quantitative estimate of drug-likeness (QED) is 0.653. The molecule has 1 unspecified atom stereocenters. The highest BCUT2D eigenvalue weighted by Crippen LogP contribution is 2.25. The molecule has 1 atom stereocenters. The minimum Gasteiger partial charge on any atom is -0.497 e. The minimum absolute atomic E-state index is 0.0647. The highest BCUT2D eigenvalue weighted by molar-refractivity contribution is 5.99. The van der Waals surface area contributed by atoms with Crippen LogP contribution in [0.15, 0.2) is 42.5 Å². The summed E-state index contributed by atoms with van der Waals surface area (Å²) in [6, 6.07) is 12.6. The first-order chi connectivity index (χ1) is 10.5. The Labute approximate surface area is 130 Å². The number of rotatable bonds is 6. The fourth-order valence-corrected chi connectivity index (χ4v) is 2.19. The minimum atomic E-state index is -0.557. The molecule has 0 aliphatic rings. The summed E-state index contributed by atoms with van der Waals surface area (Å²) in [5.41, 5.74) is 8.14. The zero-order chi connectivity index (χ0) is 16.1. The number of anilines is 1. The van der Waals surface area contributed by atoms with Crippen LogP contribution < -0.4 is 15.2 Å². The summed E-state index contributed by atoms with van der Waals surface area (Å²) in [7, 11) is 1.59. The molecule has 0 spiro atoms. The number of hydrogen-bond acceptors (Lipinski definition) is 4. The predicted octanol–water partition coefficient (Wildman–Crippen LogP) is 3.63. The largest absolute Gasteiger partial charge is 0.497 e. The third-order valence-electron chi connectivity index (χ3n) is 3.47. The van der Waals surface area contributed by atoms with Crippen molar-refractivity contribution in [2.24, 2.45) is 0 Å². The van der Waals surface area contributed by atoms with Gasteiger partial charge in [-0.05, 0) is 55.3 Å². The Hall–Kier alpha value is -2.49. The molecular formula is C18H21NO3. The van der Waals surface area contributed by atoms with Crippen molar-refractivity contribution in [2.75, 3.05) is 12.8 Å². The zero-order valence-electron chi connectivity index (χ0n) is 13.1. The van der Waals surface area contributed by atoms with Crippen molar-refractivity contribution in [3.05, 3.63) is 53.6 Å². The van der Waals surface area contributed by atoms with Crippen LogP contribution in [0, 0.1) is 6.92 Å². The second-order valence-corrected chi connectivity index (χ2v) is 5.15. The van der Waals surface area contributed by atoms with Gasteiger partial charge in [-0.25, -0.2) is 0 Å². The molecule has 4 heteroatoms. The maximum absolute atomic E-state index is 12.6. The second kappa shape index (κ2) is 6.98. The number of carbonyl (C=O) groups excluding carboxylic acids is 1. The molecule has 0 amide bonds. The van der Waals surface area contributed by atoms with Crippen molar-refractivity contribution in [1.29, 1.82) is 0 Å². The molecule has 0 fully saturated rings. The number of ether oxygens (including phenoxy) is 2. The maximum Gasteiger partial charge on any atom is 0.203 e. The summed E-state index contributed by atoms with van der Waals surface area (Å²) in [5, 5.41) is 0. The fourth-order valence-electron chi connectivity index (χ4n) is 2.19. The zero-order valence-corrected chi connectivity index (χ0v) is 13.1. The van der Waals surface area contributed by atoms with E-state index in [0.717, 1.165) is 5.56 Å². The average Bonchev–Trinajstić information content (AvgIpc) is 2.54. The van der Waals surface area contributed by atoms with Crippen LogP contribution in [0.1, 0.15) is 29.3 Å². The number of benzene rings is 2. The van der Waals surface area contributed by atoms with Crippen LogP contribution in [0.4, 0.5) is 5.69 Å². The van der Waals surface area contributed by atoms with Gasteiger partial charge in [-0.15, -0.1) is 0 Å². The van der Waals surface area contributed by atoms with E-state index in [2.05, 4.69) is 0 Å². The van der Waals surface area contributed by atoms with Gasteiger partial charge in [-0.2, -0.15) is 0 Å². The van der Waals surface area contributed by atoms with E-state index in [1.165, 1.54) is 0 Å². The first-order valence-corrected chi connectivity index (χ1v) is 7.26. The molecular weight excluding hydrogens is 278 g/mol. The Morgan fingerprint density at radius 2 is 1.86 bits per heavy atom. The number of carbonyl (C=O) groups is 1. The molecule has 4 nitrogen and oxygen atoms in total. The molecule has 0 radical (unpaired) electrons. The lowest BCUT2D eigenvalue weighted by Crippen LogP contribution is -2.27. The number of aryl methyl sites for hydroxylation is 1. The van der Waals surface area contributed by atoms with E-state index in [1.54, 1.807) is 37.4 Å². The molecule has 2 N–H and O–H groups in total. The monoisotopic (exact) mass is 299 g/mol. The second-order valence-electron chi connectivity index (χ2n) is 5.15. The Morgan fingerprint density at radius 1 is 1.18 bits per heavy atom. The SMILES string of the molecule is CCC(Oc1ccc(C)cc1N)C(=O)c1ccc(OC)cc1. The number of hydrogen-bond donors (Lipinski definition) is 1. The topological polar surface area (TPSA) is 61.5 Å². The van der Waals surface area contributed by atoms with E-state index in [-0.39, 0.29) is 5.78 Å². The van der Waals surface area contributed by atoms with E-state index in [1.807, 2.05) is 26.0 Å². The van der Waals surface area contributed by atoms with Crippen LogP contribution in [0.25, 0.3) is 0 Å². The molecule has 0 saturated heterocycles. The van der Waals surface area contributed by atoms with Gasteiger partial charge in [0.15, 0.2) is 6.10 Å². The van der Waals surface area contributed by atoms with Crippen LogP contribution in [0.2, 0.25) is 0 Å². The molecule has 0 heterocycles. The van der Waals surface area contributed by atoms with E-state index < -0.39 is 6.10 Å². The maximum atomic E-state index is 12.6. The van der Waals surface area contributed by atoms with Crippen molar-refractivity contribution in [2.45, 2.75) is 26.4 Å². The smallest absolute Gasteiger partial charge is 0.203 e. The summed E-state index contributed by atoms with van der Waals surface area (Å²) in [6.07, 6.45) is 0.0106. The predicted molar refractivity (Wildman–Crippen MR) is 87.6 cm³/mol. The van der Waals surface area contributed by atoms with E-state index in [4.69, 9.17) is 15.2 Å². The van der Waals surface area contributed by atoms with Gasteiger partial charge in [-0.1, -0.05) is 13.0 Å². The van der Waals surface area contributed by atoms with Crippen LogP contribution in [0.5, 0.6) is 11.5 Å². The van der Waals surface area contributed by atoms with Crippen LogP contribution >= 0.6 is 0 Å². The Morgan fingerprint density at radius 3 is 2.41 bits per heavy atom. The van der Waals surface area contributed by atoms with Gasteiger partial charge < -0.3 is 15.2 Å². The molecule has 0 saturated carbocycles. The highest BCUT2D eigenvalue weighted by Gasteiger charge is 2.21. The summed E-state index contributed by atoms with van der Waals surface area (Å²) in [4.78, 5) is 12.6. The molecule has 116 valence electrons. The Kier molecular flexibility index (Phi) is 5.04. The van der Waals surface area contributed by atoms with Gasteiger partial charge in [0.05, 0.1) is 12.8 Å². The van der Waals surface area contributed by atoms with Crippen molar-refractivity contribution in [3.63, 3.8) is 0 Å². The third-order valence-corrected chi connectivity index (χ3v) is 3.47. The average molecular weight is 299 g/mol. The van der Waals surface area contributed by atoms with Gasteiger partial charge in [0, 0.05) is 5.56 Å².